The zero-order valence-corrected chi connectivity index (χ0v) is 12.8. The Bertz CT molecular complexity index is 652. The molecule has 2 rings (SSSR count). The zero-order chi connectivity index (χ0) is 13.8. The molecule has 0 aliphatic carbocycles. The number of nitriles is 1. The van der Waals surface area contributed by atoms with Gasteiger partial charge < -0.3 is 4.74 Å². The summed E-state index contributed by atoms with van der Waals surface area (Å²) in [5.41, 5.74) is 1.10. The molecule has 0 heterocycles. The van der Waals surface area contributed by atoms with Crippen molar-refractivity contribution < 1.29 is 9.13 Å². The molecule has 0 unspecified atom stereocenters. The maximum absolute atomic E-state index is 13.5. The lowest BCUT2D eigenvalue weighted by atomic mass is 10.2. The standard InChI is InChI=1S/C14H8Br2FNO/c15-7-9-1-4-14(12(16)5-9)19-11-3-2-10(8-18)13(17)6-11/h1-6H,7H2. The van der Waals surface area contributed by atoms with Crippen molar-refractivity contribution in [1.82, 2.24) is 0 Å². The Hall–Kier alpha value is -1.38. The molecule has 2 nitrogen and oxygen atoms in total. The Labute approximate surface area is 127 Å². The van der Waals surface area contributed by atoms with Crippen molar-refractivity contribution in [2.75, 3.05) is 0 Å². The summed E-state index contributed by atoms with van der Waals surface area (Å²) in [7, 11) is 0. The number of ether oxygens (including phenoxy) is 1. The van der Waals surface area contributed by atoms with Crippen LogP contribution in [0.1, 0.15) is 11.1 Å². The molecule has 2 aromatic carbocycles. The Balaban J connectivity index is 2.26. The number of hydrogen-bond acceptors (Lipinski definition) is 2. The second-order valence-electron chi connectivity index (χ2n) is 3.75. The van der Waals surface area contributed by atoms with Crippen LogP contribution in [0.4, 0.5) is 4.39 Å². The van der Waals surface area contributed by atoms with Crippen LogP contribution in [0, 0.1) is 17.1 Å². The van der Waals surface area contributed by atoms with Crippen molar-refractivity contribution in [1.29, 1.82) is 5.26 Å². The number of benzene rings is 2. The predicted molar refractivity (Wildman–Crippen MR) is 78.0 cm³/mol. The summed E-state index contributed by atoms with van der Waals surface area (Å²) >= 11 is 6.77. The normalized spacial score (nSPS) is 10.0. The van der Waals surface area contributed by atoms with Gasteiger partial charge in [0.15, 0.2) is 0 Å². The van der Waals surface area contributed by atoms with Gasteiger partial charge in [0.2, 0.25) is 0 Å². The fourth-order valence-corrected chi connectivity index (χ4v) is 2.34. The fourth-order valence-electron chi connectivity index (χ4n) is 1.49. The van der Waals surface area contributed by atoms with Gasteiger partial charge in [0.05, 0.1) is 10.0 Å². The van der Waals surface area contributed by atoms with Crippen LogP contribution in [0.25, 0.3) is 0 Å². The van der Waals surface area contributed by atoms with Crippen molar-refractivity contribution >= 4 is 31.9 Å². The number of halogens is 3. The average Bonchev–Trinajstić information content (AvgIpc) is 2.41. The third kappa shape index (κ3) is 3.34. The number of nitrogens with zero attached hydrogens (tertiary/aromatic N) is 1. The van der Waals surface area contributed by atoms with Crippen LogP contribution in [0.2, 0.25) is 0 Å². The van der Waals surface area contributed by atoms with Gasteiger partial charge >= 0.3 is 0 Å². The molecule has 0 aliphatic rings. The first-order valence-electron chi connectivity index (χ1n) is 5.36. The molecule has 0 N–H and O–H groups in total. The molecule has 0 aromatic heterocycles. The van der Waals surface area contributed by atoms with Gasteiger partial charge in [0.25, 0.3) is 0 Å². The lowest BCUT2D eigenvalue weighted by molar-refractivity contribution is 0.473. The van der Waals surface area contributed by atoms with E-state index in [2.05, 4.69) is 31.9 Å². The first kappa shape index (κ1) is 14.0. The Morgan fingerprint density at radius 2 is 2.00 bits per heavy atom. The van der Waals surface area contributed by atoms with Crippen LogP contribution < -0.4 is 4.74 Å². The summed E-state index contributed by atoms with van der Waals surface area (Å²) in [6.45, 7) is 0. The minimum absolute atomic E-state index is 0.000974. The van der Waals surface area contributed by atoms with Crippen LogP contribution >= 0.6 is 31.9 Å². The van der Waals surface area contributed by atoms with E-state index in [1.807, 2.05) is 12.1 Å². The predicted octanol–water partition coefficient (Wildman–Crippen LogP) is 5.15. The maximum atomic E-state index is 13.5. The highest BCUT2D eigenvalue weighted by molar-refractivity contribution is 9.10. The smallest absolute Gasteiger partial charge is 0.144 e. The number of alkyl halides is 1. The average molecular weight is 385 g/mol. The largest absolute Gasteiger partial charge is 0.456 e. The Kier molecular flexibility index (Phi) is 4.56. The monoisotopic (exact) mass is 383 g/mol. The quantitative estimate of drug-likeness (QED) is 0.685. The van der Waals surface area contributed by atoms with Crippen molar-refractivity contribution in [3.63, 3.8) is 0 Å². The van der Waals surface area contributed by atoms with Crippen LogP contribution in [-0.2, 0) is 5.33 Å². The molecule has 0 spiro atoms. The molecule has 0 fully saturated rings. The third-order valence-corrected chi connectivity index (χ3v) is 3.71. The van der Waals surface area contributed by atoms with Crippen molar-refractivity contribution in [3.8, 4) is 17.6 Å². The second-order valence-corrected chi connectivity index (χ2v) is 5.17. The van der Waals surface area contributed by atoms with E-state index in [1.54, 1.807) is 18.2 Å². The van der Waals surface area contributed by atoms with E-state index in [0.29, 0.717) is 11.5 Å². The first-order valence-corrected chi connectivity index (χ1v) is 7.27. The SMILES string of the molecule is N#Cc1ccc(Oc2ccc(CBr)cc2Br)cc1F. The summed E-state index contributed by atoms with van der Waals surface area (Å²) < 4.78 is 19.8. The summed E-state index contributed by atoms with van der Waals surface area (Å²) in [6.07, 6.45) is 0. The minimum Gasteiger partial charge on any atom is -0.456 e. The second kappa shape index (κ2) is 6.18. The maximum Gasteiger partial charge on any atom is 0.144 e. The van der Waals surface area contributed by atoms with Crippen molar-refractivity contribution in [2.24, 2.45) is 0 Å². The third-order valence-electron chi connectivity index (χ3n) is 2.44. The minimum atomic E-state index is -0.590. The van der Waals surface area contributed by atoms with Crippen LogP contribution in [0.3, 0.4) is 0 Å². The molecule has 0 bridgehead atoms. The Morgan fingerprint density at radius 1 is 1.21 bits per heavy atom. The molecule has 0 amide bonds. The van der Waals surface area contributed by atoms with E-state index in [0.717, 1.165) is 15.4 Å². The molecule has 0 atom stereocenters. The summed E-state index contributed by atoms with van der Waals surface area (Å²) in [5, 5.41) is 9.41. The van der Waals surface area contributed by atoms with Crippen LogP contribution in [0.15, 0.2) is 40.9 Å². The van der Waals surface area contributed by atoms with Gasteiger partial charge in [-0.15, -0.1) is 0 Å². The molecule has 0 saturated heterocycles. The number of rotatable bonds is 3. The van der Waals surface area contributed by atoms with Gasteiger partial charge in [0, 0.05) is 11.4 Å². The van der Waals surface area contributed by atoms with Crippen molar-refractivity contribution in [2.45, 2.75) is 5.33 Å². The van der Waals surface area contributed by atoms with E-state index < -0.39 is 5.82 Å². The Morgan fingerprint density at radius 3 is 2.58 bits per heavy atom. The van der Waals surface area contributed by atoms with E-state index in [-0.39, 0.29) is 5.56 Å². The summed E-state index contributed by atoms with van der Waals surface area (Å²) in [5.74, 6) is 0.353. The summed E-state index contributed by atoms with van der Waals surface area (Å²) in [4.78, 5) is 0. The fraction of sp³-hybridized carbons (Fsp3) is 0.0714. The van der Waals surface area contributed by atoms with Gasteiger partial charge in [-0.3, -0.25) is 0 Å². The molecule has 19 heavy (non-hydrogen) atoms. The lowest BCUT2D eigenvalue weighted by Crippen LogP contribution is -1.90. The molecule has 0 aliphatic heterocycles. The first-order chi connectivity index (χ1) is 9.13. The highest BCUT2D eigenvalue weighted by Gasteiger charge is 2.07. The molecule has 5 heteroatoms. The van der Waals surface area contributed by atoms with E-state index in [9.17, 15) is 4.39 Å². The zero-order valence-electron chi connectivity index (χ0n) is 9.66. The molecular formula is C14H8Br2FNO. The van der Waals surface area contributed by atoms with Crippen LogP contribution in [0.5, 0.6) is 11.5 Å². The topological polar surface area (TPSA) is 33.0 Å². The van der Waals surface area contributed by atoms with E-state index in [1.165, 1.54) is 12.1 Å². The highest BCUT2D eigenvalue weighted by atomic mass is 79.9. The molecular weight excluding hydrogens is 377 g/mol. The molecule has 0 saturated carbocycles. The lowest BCUT2D eigenvalue weighted by Gasteiger charge is -2.09. The molecule has 96 valence electrons. The van der Waals surface area contributed by atoms with Gasteiger partial charge in [-0.2, -0.15) is 5.26 Å². The van der Waals surface area contributed by atoms with Crippen molar-refractivity contribution in [3.05, 3.63) is 57.8 Å². The van der Waals surface area contributed by atoms with Crippen LogP contribution in [-0.4, -0.2) is 0 Å². The van der Waals surface area contributed by atoms with Gasteiger partial charge in [-0.1, -0.05) is 22.0 Å². The van der Waals surface area contributed by atoms with E-state index in [4.69, 9.17) is 10.00 Å². The number of hydrogen-bond donors (Lipinski definition) is 0. The van der Waals surface area contributed by atoms with E-state index >= 15 is 0 Å². The summed E-state index contributed by atoms with van der Waals surface area (Å²) in [6, 6.07) is 11.6. The molecule has 0 radical (unpaired) electrons. The van der Waals surface area contributed by atoms with Gasteiger partial charge in [-0.05, 0) is 45.8 Å². The van der Waals surface area contributed by atoms with Gasteiger partial charge in [0.1, 0.15) is 23.4 Å². The van der Waals surface area contributed by atoms with Gasteiger partial charge in [-0.25, -0.2) is 4.39 Å². The molecule has 2 aromatic rings. The highest BCUT2D eigenvalue weighted by Crippen LogP contribution is 2.31.